The van der Waals surface area contributed by atoms with Crippen molar-refractivity contribution in [1.82, 2.24) is 0 Å². The van der Waals surface area contributed by atoms with E-state index < -0.39 is 24.2 Å². The molecule has 0 radical (unpaired) electrons. The second-order valence-electron chi connectivity index (χ2n) is 3.61. The lowest BCUT2D eigenvalue weighted by Crippen LogP contribution is -2.57. The Bertz CT molecular complexity index is 389. The van der Waals surface area contributed by atoms with Gasteiger partial charge in [0, 0.05) is 10.9 Å². The topological polar surface area (TPSA) is 0 Å². The molecular weight excluding hydrogens is 276 g/mol. The second-order valence-corrected chi connectivity index (χ2v) is 4.46. The summed E-state index contributed by atoms with van der Waals surface area (Å²) in [5.41, 5.74) is 0.244. The average Bonchev–Trinajstić information content (AvgIpc) is 2.16. The molecule has 1 unspecified atom stereocenters. The molecule has 1 aromatic carbocycles. The van der Waals surface area contributed by atoms with Crippen LogP contribution < -0.4 is 0 Å². The van der Waals surface area contributed by atoms with Gasteiger partial charge < -0.3 is 0 Å². The van der Waals surface area contributed by atoms with Crippen LogP contribution in [-0.4, -0.2) is 11.8 Å². The van der Waals surface area contributed by atoms with E-state index in [1.54, 1.807) is 18.2 Å². The summed E-state index contributed by atoms with van der Waals surface area (Å²) in [6.07, 6.45) is -0.789. The van der Waals surface area contributed by atoms with Crippen molar-refractivity contribution in [1.29, 1.82) is 0 Å². The van der Waals surface area contributed by atoms with Crippen molar-refractivity contribution in [2.45, 2.75) is 24.2 Å². The van der Waals surface area contributed by atoms with Crippen molar-refractivity contribution in [3.8, 4) is 0 Å². The van der Waals surface area contributed by atoms with E-state index in [-0.39, 0.29) is 5.56 Å². The molecule has 5 heteroatoms. The van der Waals surface area contributed by atoms with E-state index >= 15 is 0 Å². The van der Waals surface area contributed by atoms with Crippen LogP contribution in [-0.2, 0) is 0 Å². The standard InChI is InChI=1S/C10H7BrF4/c11-8-4-2-1-3-6(8)7-5-9(12,13)10(7,14)15/h1-4,7H,5H2. The first-order chi connectivity index (χ1) is 6.86. The van der Waals surface area contributed by atoms with Gasteiger partial charge in [-0.05, 0) is 11.6 Å². The Morgan fingerprint density at radius 1 is 1.13 bits per heavy atom. The molecular formula is C10H7BrF4. The van der Waals surface area contributed by atoms with Gasteiger partial charge in [-0.3, -0.25) is 0 Å². The quantitative estimate of drug-likeness (QED) is 0.677. The van der Waals surface area contributed by atoms with E-state index in [1.807, 2.05) is 0 Å². The first-order valence-electron chi connectivity index (χ1n) is 4.36. The van der Waals surface area contributed by atoms with Crippen molar-refractivity contribution in [3.05, 3.63) is 34.3 Å². The highest BCUT2D eigenvalue weighted by molar-refractivity contribution is 9.10. The molecule has 0 spiro atoms. The van der Waals surface area contributed by atoms with Gasteiger partial charge in [0.15, 0.2) is 0 Å². The molecule has 1 saturated carbocycles. The molecule has 82 valence electrons. The smallest absolute Gasteiger partial charge is 0.200 e. The zero-order valence-corrected chi connectivity index (χ0v) is 9.07. The maximum absolute atomic E-state index is 13.1. The third kappa shape index (κ3) is 1.48. The Morgan fingerprint density at radius 3 is 2.20 bits per heavy atom. The van der Waals surface area contributed by atoms with Crippen LogP contribution in [0.25, 0.3) is 0 Å². The predicted octanol–water partition coefficient (Wildman–Crippen LogP) is 4.21. The van der Waals surface area contributed by atoms with Crippen LogP contribution in [0.15, 0.2) is 28.7 Å². The zero-order chi connectivity index (χ0) is 11.3. The van der Waals surface area contributed by atoms with E-state index in [4.69, 9.17) is 0 Å². The maximum Gasteiger partial charge on any atom is 0.317 e. The van der Waals surface area contributed by atoms with E-state index in [0.29, 0.717) is 4.47 Å². The third-order valence-electron chi connectivity index (χ3n) is 2.67. The number of hydrogen-bond acceptors (Lipinski definition) is 0. The Morgan fingerprint density at radius 2 is 1.73 bits per heavy atom. The molecule has 1 aliphatic rings. The normalized spacial score (nSPS) is 27.1. The molecule has 0 saturated heterocycles. The van der Waals surface area contributed by atoms with Crippen LogP contribution >= 0.6 is 15.9 Å². The molecule has 1 aliphatic carbocycles. The lowest BCUT2D eigenvalue weighted by molar-refractivity contribution is -0.290. The largest absolute Gasteiger partial charge is 0.317 e. The molecule has 0 heterocycles. The van der Waals surface area contributed by atoms with Crippen LogP contribution in [0, 0.1) is 0 Å². The molecule has 0 amide bonds. The first-order valence-corrected chi connectivity index (χ1v) is 5.15. The lowest BCUT2D eigenvalue weighted by Gasteiger charge is -2.44. The van der Waals surface area contributed by atoms with Crippen LogP contribution in [0.1, 0.15) is 17.9 Å². The molecule has 0 bridgehead atoms. The number of rotatable bonds is 1. The van der Waals surface area contributed by atoms with Crippen LogP contribution in [0.3, 0.4) is 0 Å². The van der Waals surface area contributed by atoms with Gasteiger partial charge in [0.1, 0.15) is 0 Å². The van der Waals surface area contributed by atoms with E-state index in [9.17, 15) is 17.6 Å². The maximum atomic E-state index is 13.1. The predicted molar refractivity (Wildman–Crippen MR) is 51.4 cm³/mol. The van der Waals surface area contributed by atoms with Crippen molar-refractivity contribution in [3.63, 3.8) is 0 Å². The van der Waals surface area contributed by atoms with Gasteiger partial charge in [0.25, 0.3) is 0 Å². The number of halogens is 5. The monoisotopic (exact) mass is 282 g/mol. The number of benzene rings is 1. The molecule has 0 N–H and O–H groups in total. The third-order valence-corrected chi connectivity index (χ3v) is 3.39. The van der Waals surface area contributed by atoms with Gasteiger partial charge in [0.05, 0.1) is 5.92 Å². The molecule has 15 heavy (non-hydrogen) atoms. The summed E-state index contributed by atoms with van der Waals surface area (Å²) in [5, 5.41) is 0. The minimum atomic E-state index is -3.93. The van der Waals surface area contributed by atoms with Crippen molar-refractivity contribution in [2.24, 2.45) is 0 Å². The minimum Gasteiger partial charge on any atom is -0.200 e. The fraction of sp³-hybridized carbons (Fsp3) is 0.400. The summed E-state index contributed by atoms with van der Waals surface area (Å²) in [6, 6.07) is 6.23. The molecule has 0 nitrogen and oxygen atoms in total. The minimum absolute atomic E-state index is 0.244. The van der Waals surface area contributed by atoms with E-state index in [2.05, 4.69) is 15.9 Å². The SMILES string of the molecule is FC1(F)CC(c2ccccc2Br)C1(F)F. The fourth-order valence-corrected chi connectivity index (χ4v) is 2.27. The average molecular weight is 283 g/mol. The molecule has 1 atom stereocenters. The summed E-state index contributed by atoms with van der Waals surface area (Å²) >= 11 is 3.08. The van der Waals surface area contributed by atoms with Crippen molar-refractivity contribution in [2.75, 3.05) is 0 Å². The second kappa shape index (κ2) is 3.20. The van der Waals surface area contributed by atoms with Crippen molar-refractivity contribution < 1.29 is 17.6 Å². The first kappa shape index (κ1) is 10.9. The van der Waals surface area contributed by atoms with Gasteiger partial charge >= 0.3 is 11.8 Å². The Balaban J connectivity index is 2.33. The number of hydrogen-bond donors (Lipinski definition) is 0. The Kier molecular flexibility index (Phi) is 2.33. The van der Waals surface area contributed by atoms with Crippen molar-refractivity contribution >= 4 is 15.9 Å². The van der Waals surface area contributed by atoms with Gasteiger partial charge in [-0.25, -0.2) is 0 Å². The molecule has 2 rings (SSSR count). The van der Waals surface area contributed by atoms with Crippen LogP contribution in [0.2, 0.25) is 0 Å². The molecule has 0 aliphatic heterocycles. The van der Waals surface area contributed by atoms with Crippen LogP contribution in [0.4, 0.5) is 17.6 Å². The fourth-order valence-electron chi connectivity index (χ4n) is 1.71. The van der Waals surface area contributed by atoms with E-state index in [1.165, 1.54) is 6.07 Å². The molecule has 0 aromatic heterocycles. The zero-order valence-electron chi connectivity index (χ0n) is 7.48. The summed E-state index contributed by atoms with van der Waals surface area (Å²) in [6.45, 7) is 0. The summed E-state index contributed by atoms with van der Waals surface area (Å²) in [5.74, 6) is -9.19. The van der Waals surface area contributed by atoms with Gasteiger partial charge in [-0.1, -0.05) is 34.1 Å². The highest BCUT2D eigenvalue weighted by Gasteiger charge is 2.72. The molecule has 1 fully saturated rings. The van der Waals surface area contributed by atoms with Gasteiger partial charge in [-0.15, -0.1) is 0 Å². The summed E-state index contributed by atoms with van der Waals surface area (Å²) < 4.78 is 51.8. The summed E-state index contributed by atoms with van der Waals surface area (Å²) in [7, 11) is 0. The van der Waals surface area contributed by atoms with Crippen LogP contribution in [0.5, 0.6) is 0 Å². The van der Waals surface area contributed by atoms with Gasteiger partial charge in [0.2, 0.25) is 0 Å². The summed E-state index contributed by atoms with van der Waals surface area (Å²) in [4.78, 5) is 0. The Hall–Kier alpha value is -0.580. The lowest BCUT2D eigenvalue weighted by atomic mass is 9.73. The highest BCUT2D eigenvalue weighted by atomic mass is 79.9. The van der Waals surface area contributed by atoms with E-state index in [0.717, 1.165) is 0 Å². The van der Waals surface area contributed by atoms with Gasteiger partial charge in [-0.2, -0.15) is 17.6 Å². The highest BCUT2D eigenvalue weighted by Crippen LogP contribution is 2.60. The number of alkyl halides is 4. The molecule has 1 aromatic rings. The Labute approximate surface area is 92.4 Å².